The molecule has 0 radical (unpaired) electrons. The van der Waals surface area contributed by atoms with Crippen LogP contribution in [0.2, 0.25) is 5.02 Å². The number of hydrogen-bond donors (Lipinski definition) is 2. The molecule has 0 aliphatic heterocycles. The van der Waals surface area contributed by atoms with Crippen molar-refractivity contribution in [1.82, 2.24) is 15.5 Å². The van der Waals surface area contributed by atoms with Crippen molar-refractivity contribution in [3.05, 3.63) is 58.6 Å². The monoisotopic (exact) mass is 574 g/mol. The van der Waals surface area contributed by atoms with Crippen molar-refractivity contribution in [2.24, 2.45) is 4.99 Å². The van der Waals surface area contributed by atoms with Gasteiger partial charge >= 0.3 is 0 Å². The molecule has 0 bridgehead atoms. The number of rotatable bonds is 10. The van der Waals surface area contributed by atoms with Crippen LogP contribution in [0.4, 0.5) is 0 Å². The molecule has 2 rings (SSSR count). The van der Waals surface area contributed by atoms with Gasteiger partial charge in [-0.15, -0.1) is 24.0 Å². The maximum Gasteiger partial charge on any atom is 0.252 e. The Morgan fingerprint density at radius 1 is 1.09 bits per heavy atom. The summed E-state index contributed by atoms with van der Waals surface area (Å²) in [7, 11) is 5.25. The third kappa shape index (κ3) is 8.38. The molecule has 0 atom stereocenters. The number of hydrogen-bond acceptors (Lipinski definition) is 4. The average molecular weight is 575 g/mol. The molecule has 176 valence electrons. The molecule has 0 unspecified atom stereocenters. The predicted molar refractivity (Wildman–Crippen MR) is 141 cm³/mol. The molecule has 1 amide bonds. The quantitative estimate of drug-likeness (QED) is 0.195. The summed E-state index contributed by atoms with van der Waals surface area (Å²) in [6.45, 7) is 4.43. The van der Waals surface area contributed by atoms with E-state index < -0.39 is 0 Å². The van der Waals surface area contributed by atoms with Crippen LogP contribution in [0.15, 0.2) is 47.5 Å². The summed E-state index contributed by atoms with van der Waals surface area (Å²) in [5.74, 6) is 2.02. The van der Waals surface area contributed by atoms with Crippen LogP contribution in [0.25, 0.3) is 0 Å². The van der Waals surface area contributed by atoms with Crippen LogP contribution in [0, 0.1) is 0 Å². The summed E-state index contributed by atoms with van der Waals surface area (Å²) in [4.78, 5) is 18.9. The molecule has 0 aliphatic carbocycles. The van der Waals surface area contributed by atoms with E-state index in [9.17, 15) is 4.79 Å². The Hall–Kier alpha value is -2.20. The number of carbonyl (C=O) groups is 1. The van der Waals surface area contributed by atoms with Gasteiger partial charge in [0.25, 0.3) is 5.91 Å². The van der Waals surface area contributed by atoms with E-state index in [1.165, 1.54) is 0 Å². The summed E-state index contributed by atoms with van der Waals surface area (Å²) in [6, 6.07) is 12.9. The Morgan fingerprint density at radius 2 is 1.81 bits per heavy atom. The SMILES string of the molecule is CCNC(=NCCNC(=O)c1ccccc1Cl)N(C)CCc1ccc(OC)c(OC)c1.I. The second-order valence-electron chi connectivity index (χ2n) is 6.83. The van der Waals surface area contributed by atoms with Crippen LogP contribution in [0.1, 0.15) is 22.8 Å². The van der Waals surface area contributed by atoms with Crippen molar-refractivity contribution in [3.63, 3.8) is 0 Å². The second-order valence-corrected chi connectivity index (χ2v) is 7.24. The Morgan fingerprint density at radius 3 is 2.47 bits per heavy atom. The Kier molecular flexibility index (Phi) is 12.9. The molecule has 0 saturated heterocycles. The van der Waals surface area contributed by atoms with Gasteiger partial charge in [0, 0.05) is 26.7 Å². The van der Waals surface area contributed by atoms with Crippen molar-refractivity contribution in [2.75, 3.05) is 47.4 Å². The van der Waals surface area contributed by atoms with E-state index in [-0.39, 0.29) is 29.9 Å². The number of halogens is 2. The molecule has 0 heterocycles. The molecule has 7 nitrogen and oxygen atoms in total. The van der Waals surface area contributed by atoms with Gasteiger partial charge in [-0.25, -0.2) is 0 Å². The average Bonchev–Trinajstić information content (AvgIpc) is 2.79. The van der Waals surface area contributed by atoms with E-state index in [2.05, 4.69) is 20.5 Å². The maximum absolute atomic E-state index is 12.2. The number of methoxy groups -OCH3 is 2. The van der Waals surface area contributed by atoms with Crippen molar-refractivity contribution < 1.29 is 14.3 Å². The number of benzene rings is 2. The van der Waals surface area contributed by atoms with Crippen LogP contribution in [-0.2, 0) is 6.42 Å². The zero-order chi connectivity index (χ0) is 22.6. The molecule has 0 fully saturated rings. The van der Waals surface area contributed by atoms with Crippen molar-refractivity contribution in [3.8, 4) is 11.5 Å². The summed E-state index contributed by atoms with van der Waals surface area (Å²) < 4.78 is 10.7. The van der Waals surface area contributed by atoms with Gasteiger partial charge < -0.3 is 25.0 Å². The van der Waals surface area contributed by atoms with Crippen LogP contribution >= 0.6 is 35.6 Å². The van der Waals surface area contributed by atoms with Crippen LogP contribution < -0.4 is 20.1 Å². The number of nitrogens with one attached hydrogen (secondary N) is 2. The summed E-state index contributed by atoms with van der Waals surface area (Å²) in [5.41, 5.74) is 1.61. The fourth-order valence-corrected chi connectivity index (χ4v) is 3.20. The number of aliphatic imine (C=N–C) groups is 1. The molecule has 0 spiro atoms. The van der Waals surface area contributed by atoms with E-state index in [4.69, 9.17) is 21.1 Å². The minimum atomic E-state index is -0.201. The van der Waals surface area contributed by atoms with Gasteiger partial charge in [-0.2, -0.15) is 0 Å². The highest BCUT2D eigenvalue weighted by molar-refractivity contribution is 14.0. The fraction of sp³-hybridized carbons (Fsp3) is 0.391. The molecular weight excluding hydrogens is 543 g/mol. The fourth-order valence-electron chi connectivity index (χ4n) is 2.98. The molecule has 2 aromatic rings. The lowest BCUT2D eigenvalue weighted by atomic mass is 10.1. The smallest absolute Gasteiger partial charge is 0.252 e. The molecule has 0 aliphatic rings. The summed E-state index contributed by atoms with van der Waals surface area (Å²) >= 11 is 6.07. The predicted octanol–water partition coefficient (Wildman–Crippen LogP) is 3.85. The van der Waals surface area contributed by atoms with Crippen LogP contribution in [0.3, 0.4) is 0 Å². The van der Waals surface area contributed by atoms with Gasteiger partial charge in [0.2, 0.25) is 0 Å². The highest BCUT2D eigenvalue weighted by Crippen LogP contribution is 2.27. The van der Waals surface area contributed by atoms with Gasteiger partial charge in [0.15, 0.2) is 17.5 Å². The highest BCUT2D eigenvalue weighted by Gasteiger charge is 2.10. The Balaban J connectivity index is 0.00000512. The van der Waals surface area contributed by atoms with Crippen LogP contribution in [-0.4, -0.2) is 64.2 Å². The standard InChI is InChI=1S/C23H31ClN4O3.HI/c1-5-25-23(27-14-13-26-22(29)18-8-6-7-9-19(18)24)28(2)15-12-17-10-11-20(30-3)21(16-17)31-4;/h6-11,16H,5,12-15H2,1-4H3,(H,25,27)(H,26,29);1H. The Labute approximate surface area is 212 Å². The van der Waals surface area contributed by atoms with Crippen LogP contribution in [0.5, 0.6) is 11.5 Å². The zero-order valence-electron chi connectivity index (χ0n) is 19.0. The molecule has 32 heavy (non-hydrogen) atoms. The highest BCUT2D eigenvalue weighted by atomic mass is 127. The first-order valence-corrected chi connectivity index (χ1v) is 10.6. The molecular formula is C23H32ClIN4O3. The summed E-state index contributed by atoms with van der Waals surface area (Å²) in [5, 5.41) is 6.58. The van der Waals surface area contributed by atoms with Gasteiger partial charge in [-0.05, 0) is 43.2 Å². The minimum Gasteiger partial charge on any atom is -0.493 e. The number of nitrogens with zero attached hydrogens (tertiary/aromatic N) is 2. The molecule has 2 N–H and O–H groups in total. The van der Waals surface area contributed by atoms with Crippen molar-refractivity contribution in [2.45, 2.75) is 13.3 Å². The maximum atomic E-state index is 12.2. The lowest BCUT2D eigenvalue weighted by molar-refractivity contribution is 0.0955. The first-order chi connectivity index (χ1) is 15.0. The van der Waals surface area contributed by atoms with E-state index in [1.807, 2.05) is 32.2 Å². The van der Waals surface area contributed by atoms with Gasteiger partial charge in [0.1, 0.15) is 0 Å². The zero-order valence-corrected chi connectivity index (χ0v) is 22.1. The lowest BCUT2D eigenvalue weighted by Crippen LogP contribution is -2.40. The number of ether oxygens (including phenoxy) is 2. The molecule has 0 aromatic heterocycles. The first-order valence-electron chi connectivity index (χ1n) is 10.2. The third-order valence-corrected chi connectivity index (χ3v) is 4.99. The van der Waals surface area contributed by atoms with E-state index in [1.54, 1.807) is 38.5 Å². The molecule has 2 aromatic carbocycles. The first kappa shape index (κ1) is 27.8. The third-order valence-electron chi connectivity index (χ3n) is 4.66. The number of amides is 1. The topological polar surface area (TPSA) is 75.2 Å². The molecule has 0 saturated carbocycles. The van der Waals surface area contributed by atoms with Gasteiger partial charge in [-0.3, -0.25) is 9.79 Å². The second kappa shape index (κ2) is 14.8. The van der Waals surface area contributed by atoms with E-state index in [0.29, 0.717) is 29.4 Å². The van der Waals surface area contributed by atoms with E-state index in [0.717, 1.165) is 36.8 Å². The van der Waals surface area contributed by atoms with Gasteiger partial charge in [0.05, 0.1) is 31.4 Å². The lowest BCUT2D eigenvalue weighted by Gasteiger charge is -2.22. The van der Waals surface area contributed by atoms with E-state index >= 15 is 0 Å². The van der Waals surface area contributed by atoms with Gasteiger partial charge in [-0.1, -0.05) is 29.8 Å². The number of carbonyl (C=O) groups excluding carboxylic acids is 1. The minimum absolute atomic E-state index is 0. The molecule has 9 heteroatoms. The largest absolute Gasteiger partial charge is 0.493 e. The Bertz CT molecular complexity index is 895. The van der Waals surface area contributed by atoms with Crippen molar-refractivity contribution in [1.29, 1.82) is 0 Å². The van der Waals surface area contributed by atoms with Crippen molar-refractivity contribution >= 4 is 47.4 Å². The summed E-state index contributed by atoms with van der Waals surface area (Å²) in [6.07, 6.45) is 0.824. The number of guanidine groups is 1. The normalized spacial score (nSPS) is 10.7. The number of likely N-dealkylation sites (N-methyl/N-ethyl adjacent to an activating group) is 1.